The lowest BCUT2D eigenvalue weighted by Gasteiger charge is -2.13. The maximum Gasteiger partial charge on any atom is 0.293 e. The molecule has 3 aromatic carbocycles. The van der Waals surface area contributed by atoms with Gasteiger partial charge in [-0.2, -0.15) is 0 Å². The van der Waals surface area contributed by atoms with Crippen molar-refractivity contribution in [2.24, 2.45) is 0 Å². The fourth-order valence-corrected chi connectivity index (χ4v) is 4.11. The molecule has 1 fully saturated rings. The van der Waals surface area contributed by atoms with Crippen molar-refractivity contribution in [1.82, 2.24) is 4.90 Å². The fourth-order valence-electron chi connectivity index (χ4n) is 3.25. The van der Waals surface area contributed by atoms with Crippen LogP contribution in [-0.2, 0) is 11.4 Å². The molecule has 0 aromatic heterocycles. The van der Waals surface area contributed by atoms with Crippen LogP contribution in [0.15, 0.2) is 83.8 Å². The first-order valence-corrected chi connectivity index (χ1v) is 11.2. The van der Waals surface area contributed by atoms with Gasteiger partial charge in [-0.05, 0) is 53.2 Å². The second-order valence-electron chi connectivity index (χ2n) is 7.18. The number of para-hydroxylation sites is 1. The minimum absolute atomic E-state index is 0.185. The van der Waals surface area contributed by atoms with Crippen LogP contribution in [0, 0.1) is 0 Å². The number of thioether (sulfide) groups is 1. The Morgan fingerprint density at radius 2 is 1.61 bits per heavy atom. The average Bonchev–Trinajstić information content (AvgIpc) is 3.11. The molecule has 0 radical (unpaired) electrons. The summed E-state index contributed by atoms with van der Waals surface area (Å²) in [6, 6.07) is 24.5. The molecule has 7 heteroatoms. The molecule has 0 aliphatic carbocycles. The number of rotatable bonds is 9. The highest BCUT2D eigenvalue weighted by molar-refractivity contribution is 8.18. The van der Waals surface area contributed by atoms with Crippen molar-refractivity contribution in [1.29, 1.82) is 0 Å². The van der Waals surface area contributed by atoms with Crippen LogP contribution in [0.3, 0.4) is 0 Å². The van der Waals surface area contributed by atoms with E-state index in [4.69, 9.17) is 14.2 Å². The lowest BCUT2D eigenvalue weighted by Crippen LogP contribution is -2.32. The molecule has 1 aliphatic heterocycles. The quantitative estimate of drug-likeness (QED) is 0.398. The first-order chi connectivity index (χ1) is 16.1. The Morgan fingerprint density at radius 3 is 2.33 bits per heavy atom. The van der Waals surface area contributed by atoms with E-state index >= 15 is 0 Å². The number of imide groups is 1. The summed E-state index contributed by atoms with van der Waals surface area (Å²) in [7, 11) is 1.58. The highest BCUT2D eigenvalue weighted by atomic mass is 32.2. The van der Waals surface area contributed by atoms with Crippen molar-refractivity contribution in [3.05, 3.63) is 94.9 Å². The first-order valence-electron chi connectivity index (χ1n) is 10.4. The van der Waals surface area contributed by atoms with Crippen LogP contribution in [0.4, 0.5) is 4.79 Å². The number of nitrogens with zero attached hydrogens (tertiary/aromatic N) is 1. The molecule has 0 bridgehead atoms. The van der Waals surface area contributed by atoms with Crippen LogP contribution in [0.25, 0.3) is 6.08 Å². The third kappa shape index (κ3) is 5.75. The molecule has 1 heterocycles. The molecule has 6 nitrogen and oxygen atoms in total. The third-order valence-electron chi connectivity index (χ3n) is 4.92. The predicted octanol–water partition coefficient (Wildman–Crippen LogP) is 5.39. The van der Waals surface area contributed by atoms with Crippen LogP contribution in [-0.4, -0.2) is 36.3 Å². The molecule has 4 rings (SSSR count). The van der Waals surface area contributed by atoms with Gasteiger partial charge in [-0.3, -0.25) is 14.5 Å². The summed E-state index contributed by atoms with van der Waals surface area (Å²) >= 11 is 0.920. The van der Waals surface area contributed by atoms with E-state index in [1.165, 1.54) is 4.90 Å². The van der Waals surface area contributed by atoms with Gasteiger partial charge in [0.25, 0.3) is 11.1 Å². The fraction of sp³-hybridized carbons (Fsp3) is 0.154. The first kappa shape index (κ1) is 22.5. The van der Waals surface area contributed by atoms with Crippen molar-refractivity contribution in [2.75, 3.05) is 20.3 Å². The number of carbonyl (C=O) groups is 2. The smallest absolute Gasteiger partial charge is 0.293 e. The molecule has 33 heavy (non-hydrogen) atoms. The summed E-state index contributed by atoms with van der Waals surface area (Å²) in [6.07, 6.45) is 1.69. The van der Waals surface area contributed by atoms with E-state index in [0.717, 1.165) is 22.9 Å². The standard InChI is InChI=1S/C26H23NO5S/c1-30-22-13-12-20(16-23(22)32-18-19-8-4-2-5-9-19)17-24-25(28)27(26(29)33-24)14-15-31-21-10-6-3-7-11-21/h2-13,16-17H,14-15,18H2,1H3/b24-17-. The number of carbonyl (C=O) groups excluding carboxylic acids is 2. The Hall–Kier alpha value is -3.71. The second kappa shape index (κ2) is 10.7. The highest BCUT2D eigenvalue weighted by Gasteiger charge is 2.34. The van der Waals surface area contributed by atoms with Crippen molar-refractivity contribution >= 4 is 29.0 Å². The van der Waals surface area contributed by atoms with Crippen LogP contribution in [0.5, 0.6) is 17.2 Å². The van der Waals surface area contributed by atoms with Crippen LogP contribution in [0.2, 0.25) is 0 Å². The zero-order chi connectivity index (χ0) is 23.0. The van der Waals surface area contributed by atoms with E-state index in [0.29, 0.717) is 28.8 Å². The van der Waals surface area contributed by atoms with E-state index in [2.05, 4.69) is 0 Å². The molecule has 0 N–H and O–H groups in total. The minimum atomic E-state index is -0.329. The van der Waals surface area contributed by atoms with Crippen molar-refractivity contribution < 1.29 is 23.8 Å². The molecule has 0 atom stereocenters. The van der Waals surface area contributed by atoms with Gasteiger partial charge in [0.2, 0.25) is 0 Å². The van der Waals surface area contributed by atoms with Gasteiger partial charge in [0, 0.05) is 0 Å². The molecule has 168 valence electrons. The van der Waals surface area contributed by atoms with Crippen molar-refractivity contribution in [3.63, 3.8) is 0 Å². The Balaban J connectivity index is 1.43. The SMILES string of the molecule is COc1ccc(/C=C2\SC(=O)N(CCOc3ccccc3)C2=O)cc1OCc1ccccc1. The van der Waals surface area contributed by atoms with Crippen LogP contribution >= 0.6 is 11.8 Å². The van der Waals surface area contributed by atoms with E-state index in [1.54, 1.807) is 25.3 Å². The molecule has 1 saturated heterocycles. The van der Waals surface area contributed by atoms with Gasteiger partial charge in [0.15, 0.2) is 11.5 Å². The Labute approximate surface area is 196 Å². The summed E-state index contributed by atoms with van der Waals surface area (Å²) in [6.45, 7) is 0.804. The second-order valence-corrected chi connectivity index (χ2v) is 8.17. The van der Waals surface area contributed by atoms with Crippen LogP contribution < -0.4 is 14.2 Å². The number of hydrogen-bond donors (Lipinski definition) is 0. The topological polar surface area (TPSA) is 65.1 Å². The van der Waals surface area contributed by atoms with Gasteiger partial charge < -0.3 is 14.2 Å². The van der Waals surface area contributed by atoms with Gasteiger partial charge in [-0.1, -0.05) is 54.6 Å². The highest BCUT2D eigenvalue weighted by Crippen LogP contribution is 2.34. The number of methoxy groups -OCH3 is 1. The molecule has 2 amide bonds. The van der Waals surface area contributed by atoms with Gasteiger partial charge in [0.1, 0.15) is 19.0 Å². The maximum absolute atomic E-state index is 12.8. The number of amides is 2. The molecule has 3 aromatic rings. The molecule has 0 spiro atoms. The maximum atomic E-state index is 12.8. The van der Waals surface area contributed by atoms with Gasteiger partial charge >= 0.3 is 0 Å². The summed E-state index contributed by atoms with van der Waals surface area (Å²) in [4.78, 5) is 26.7. The number of ether oxygens (including phenoxy) is 3. The minimum Gasteiger partial charge on any atom is -0.493 e. The van der Waals surface area contributed by atoms with Gasteiger partial charge in [-0.15, -0.1) is 0 Å². The summed E-state index contributed by atoms with van der Waals surface area (Å²) in [5.41, 5.74) is 1.77. The molecule has 0 unspecified atom stereocenters. The zero-order valence-corrected chi connectivity index (χ0v) is 18.9. The third-order valence-corrected chi connectivity index (χ3v) is 5.83. The van der Waals surface area contributed by atoms with E-state index < -0.39 is 0 Å². The Bertz CT molecular complexity index is 1150. The normalized spacial score (nSPS) is 14.6. The van der Waals surface area contributed by atoms with Crippen LogP contribution in [0.1, 0.15) is 11.1 Å². The molecular weight excluding hydrogens is 438 g/mol. The van der Waals surface area contributed by atoms with Crippen molar-refractivity contribution in [2.45, 2.75) is 6.61 Å². The lowest BCUT2D eigenvalue weighted by atomic mass is 10.1. The number of hydrogen-bond acceptors (Lipinski definition) is 6. The molecule has 0 saturated carbocycles. The molecule has 1 aliphatic rings. The number of benzene rings is 3. The monoisotopic (exact) mass is 461 g/mol. The van der Waals surface area contributed by atoms with E-state index in [-0.39, 0.29) is 24.3 Å². The van der Waals surface area contributed by atoms with Gasteiger partial charge in [0.05, 0.1) is 18.6 Å². The molecular formula is C26H23NO5S. The van der Waals surface area contributed by atoms with Gasteiger partial charge in [-0.25, -0.2) is 0 Å². The largest absolute Gasteiger partial charge is 0.493 e. The zero-order valence-electron chi connectivity index (χ0n) is 18.1. The summed E-state index contributed by atoms with van der Waals surface area (Å²) in [5.74, 6) is 1.52. The Kier molecular flexibility index (Phi) is 7.32. The van der Waals surface area contributed by atoms with E-state index in [1.807, 2.05) is 66.7 Å². The van der Waals surface area contributed by atoms with Crippen molar-refractivity contribution in [3.8, 4) is 17.2 Å². The predicted molar refractivity (Wildman–Crippen MR) is 128 cm³/mol. The lowest BCUT2D eigenvalue weighted by molar-refractivity contribution is -0.123. The average molecular weight is 462 g/mol. The van der Waals surface area contributed by atoms with E-state index in [9.17, 15) is 9.59 Å². The summed E-state index contributed by atoms with van der Waals surface area (Å²) in [5, 5.41) is -0.308. The Morgan fingerprint density at radius 1 is 0.879 bits per heavy atom. The summed E-state index contributed by atoms with van der Waals surface area (Å²) < 4.78 is 17.0.